The third-order valence-corrected chi connectivity index (χ3v) is 6.42. The van der Waals surface area contributed by atoms with Crippen LogP contribution in [0.25, 0.3) is 10.9 Å². The first-order valence-corrected chi connectivity index (χ1v) is 11.7. The molecule has 2 aromatic carbocycles. The first-order valence-electron chi connectivity index (χ1n) is 11.3. The number of benzene rings is 2. The highest BCUT2D eigenvalue weighted by Crippen LogP contribution is 2.22. The Balaban J connectivity index is 1.64. The number of hydrogen-bond acceptors (Lipinski definition) is 5. The number of esters is 1. The van der Waals surface area contributed by atoms with Crippen LogP contribution >= 0.6 is 12.2 Å². The van der Waals surface area contributed by atoms with E-state index in [4.69, 9.17) is 21.7 Å². The lowest BCUT2D eigenvalue weighted by Gasteiger charge is -2.28. The molecule has 0 spiro atoms. The number of ether oxygens (including phenoxy) is 2. The Bertz CT molecular complexity index is 1280. The molecule has 2 N–H and O–H groups in total. The minimum absolute atomic E-state index is 0.0273. The molecule has 3 aromatic rings. The molecule has 0 radical (unpaired) electrons. The fraction of sp³-hybridized carbons (Fsp3) is 0.346. The van der Waals surface area contributed by atoms with Crippen LogP contribution in [-0.2, 0) is 16.0 Å². The summed E-state index contributed by atoms with van der Waals surface area (Å²) in [6.07, 6.45) is 1.96. The normalized spacial score (nSPS) is 15.3. The van der Waals surface area contributed by atoms with Crippen molar-refractivity contribution in [1.29, 1.82) is 0 Å². The number of methoxy groups -OCH3 is 1. The first-order chi connectivity index (χ1) is 16.4. The number of rotatable bonds is 6. The zero-order valence-corrected chi connectivity index (χ0v) is 20.5. The number of carbonyl (C=O) groups is 1. The standard InChI is InChI=1S/C26H29N3O4S/c1-16-11-17(2)21-13-18(24(30)27-23(21)12-16)14-29(15-19-7-6-10-33-19)26(34)28-22-9-5-4-8-20(22)25(31)32-3/h4-5,8-9,11-13,19H,6-7,10,14-15H2,1-3H3,(H,27,30)(H,28,34)/t19-/m0/s1. The number of pyridine rings is 1. The van der Waals surface area contributed by atoms with Crippen LogP contribution in [0, 0.1) is 13.8 Å². The van der Waals surface area contributed by atoms with Crippen LogP contribution in [0.15, 0.2) is 47.3 Å². The molecule has 0 unspecified atom stereocenters. The zero-order valence-electron chi connectivity index (χ0n) is 19.6. The molecule has 1 aliphatic heterocycles. The summed E-state index contributed by atoms with van der Waals surface area (Å²) in [5.74, 6) is -0.451. The average Bonchev–Trinajstić information content (AvgIpc) is 3.32. The van der Waals surface area contributed by atoms with E-state index in [1.807, 2.05) is 36.9 Å². The molecule has 1 atom stereocenters. The largest absolute Gasteiger partial charge is 0.465 e. The number of aromatic amines is 1. The fourth-order valence-corrected chi connectivity index (χ4v) is 4.62. The van der Waals surface area contributed by atoms with Crippen molar-refractivity contribution in [3.8, 4) is 0 Å². The number of fused-ring (bicyclic) bond motifs is 1. The van der Waals surface area contributed by atoms with Crippen molar-refractivity contribution < 1.29 is 14.3 Å². The maximum absolute atomic E-state index is 13.0. The maximum atomic E-state index is 13.0. The van der Waals surface area contributed by atoms with Gasteiger partial charge in [-0.2, -0.15) is 0 Å². The summed E-state index contributed by atoms with van der Waals surface area (Å²) < 4.78 is 10.7. The fourth-order valence-electron chi connectivity index (χ4n) is 4.37. The van der Waals surface area contributed by atoms with Crippen molar-refractivity contribution in [2.45, 2.75) is 39.3 Å². The van der Waals surface area contributed by atoms with Crippen LogP contribution < -0.4 is 10.9 Å². The number of anilines is 1. The predicted octanol–water partition coefficient (Wildman–Crippen LogP) is 4.31. The van der Waals surface area contributed by atoms with E-state index in [0.717, 1.165) is 41.5 Å². The van der Waals surface area contributed by atoms with Gasteiger partial charge < -0.3 is 24.7 Å². The van der Waals surface area contributed by atoms with E-state index in [-0.39, 0.29) is 11.7 Å². The van der Waals surface area contributed by atoms with Gasteiger partial charge in [-0.1, -0.05) is 18.2 Å². The summed E-state index contributed by atoms with van der Waals surface area (Å²) in [6, 6.07) is 13.1. The van der Waals surface area contributed by atoms with Gasteiger partial charge in [0.2, 0.25) is 0 Å². The quantitative estimate of drug-likeness (QED) is 0.403. The zero-order chi connectivity index (χ0) is 24.2. The molecule has 34 heavy (non-hydrogen) atoms. The van der Waals surface area contributed by atoms with Gasteiger partial charge >= 0.3 is 5.97 Å². The van der Waals surface area contributed by atoms with Crippen LogP contribution in [0.3, 0.4) is 0 Å². The SMILES string of the molecule is COC(=O)c1ccccc1NC(=S)N(Cc1cc2c(C)cc(C)cc2[nH]c1=O)C[C@@H]1CCCO1. The summed E-state index contributed by atoms with van der Waals surface area (Å²) in [6.45, 7) is 5.62. The van der Waals surface area contributed by atoms with Crippen molar-refractivity contribution >= 4 is 39.9 Å². The van der Waals surface area contributed by atoms with E-state index in [2.05, 4.69) is 16.4 Å². The van der Waals surface area contributed by atoms with Gasteiger partial charge in [-0.15, -0.1) is 0 Å². The second-order valence-corrected chi connectivity index (χ2v) is 9.04. The molecule has 1 fully saturated rings. The molecular formula is C26H29N3O4S. The smallest absolute Gasteiger partial charge is 0.339 e. The van der Waals surface area contributed by atoms with Gasteiger partial charge in [0, 0.05) is 29.6 Å². The number of thiocarbonyl (C=S) groups is 1. The number of aryl methyl sites for hydroxylation is 2. The molecule has 1 aliphatic rings. The molecule has 178 valence electrons. The molecule has 1 aromatic heterocycles. The number of para-hydroxylation sites is 1. The van der Waals surface area contributed by atoms with Crippen molar-refractivity contribution in [2.24, 2.45) is 0 Å². The summed E-state index contributed by atoms with van der Waals surface area (Å²) in [5, 5.41) is 4.60. The average molecular weight is 480 g/mol. The Morgan fingerprint density at radius 3 is 2.79 bits per heavy atom. The van der Waals surface area contributed by atoms with E-state index < -0.39 is 5.97 Å². The van der Waals surface area contributed by atoms with Crippen LogP contribution in [-0.4, -0.2) is 47.3 Å². The number of nitrogens with zero attached hydrogens (tertiary/aromatic N) is 1. The lowest BCUT2D eigenvalue weighted by molar-refractivity contribution is 0.0602. The lowest BCUT2D eigenvalue weighted by atomic mass is 10.0. The van der Waals surface area contributed by atoms with Gasteiger partial charge in [0.25, 0.3) is 5.56 Å². The third-order valence-electron chi connectivity index (χ3n) is 6.06. The molecule has 0 aliphatic carbocycles. The van der Waals surface area contributed by atoms with E-state index in [1.54, 1.807) is 18.2 Å². The number of H-pyrrole nitrogens is 1. The molecule has 2 heterocycles. The number of aromatic nitrogens is 1. The summed E-state index contributed by atoms with van der Waals surface area (Å²) in [4.78, 5) is 30.1. The Hall–Kier alpha value is -3.23. The van der Waals surface area contributed by atoms with Crippen LogP contribution in [0.2, 0.25) is 0 Å². The summed E-state index contributed by atoms with van der Waals surface area (Å²) in [7, 11) is 1.34. The number of hydrogen-bond donors (Lipinski definition) is 2. The van der Waals surface area contributed by atoms with Crippen molar-refractivity contribution in [1.82, 2.24) is 9.88 Å². The highest BCUT2D eigenvalue weighted by Gasteiger charge is 2.23. The highest BCUT2D eigenvalue weighted by atomic mass is 32.1. The van der Waals surface area contributed by atoms with Gasteiger partial charge in [-0.3, -0.25) is 4.79 Å². The van der Waals surface area contributed by atoms with E-state index in [1.165, 1.54) is 7.11 Å². The molecular weight excluding hydrogens is 450 g/mol. The molecule has 4 rings (SSSR count). The Labute approximate surface area is 204 Å². The van der Waals surface area contributed by atoms with Crippen molar-refractivity contribution in [3.63, 3.8) is 0 Å². The van der Waals surface area contributed by atoms with Crippen LogP contribution in [0.1, 0.15) is 39.9 Å². The van der Waals surface area contributed by atoms with Crippen molar-refractivity contribution in [3.05, 3.63) is 75.1 Å². The summed E-state index contributed by atoms with van der Waals surface area (Å²) in [5.41, 5.74) is 4.43. The predicted molar refractivity (Wildman–Crippen MR) is 137 cm³/mol. The Kier molecular flexibility index (Phi) is 7.29. The Morgan fingerprint density at radius 1 is 1.26 bits per heavy atom. The first kappa shape index (κ1) is 23.9. The lowest BCUT2D eigenvalue weighted by Crippen LogP contribution is -2.40. The minimum atomic E-state index is -0.451. The Morgan fingerprint density at radius 2 is 2.06 bits per heavy atom. The van der Waals surface area contributed by atoms with Gasteiger partial charge in [-0.25, -0.2) is 4.79 Å². The second kappa shape index (κ2) is 10.4. The topological polar surface area (TPSA) is 83.7 Å². The maximum Gasteiger partial charge on any atom is 0.339 e. The van der Waals surface area contributed by atoms with Crippen LogP contribution in [0.5, 0.6) is 0 Å². The monoisotopic (exact) mass is 479 g/mol. The van der Waals surface area contributed by atoms with Crippen molar-refractivity contribution in [2.75, 3.05) is 25.6 Å². The number of carbonyl (C=O) groups excluding carboxylic acids is 1. The molecule has 0 amide bonds. The molecule has 0 saturated carbocycles. The highest BCUT2D eigenvalue weighted by molar-refractivity contribution is 7.80. The van der Waals surface area contributed by atoms with Gasteiger partial charge in [-0.05, 0) is 74.3 Å². The number of nitrogens with one attached hydrogen (secondary N) is 2. The third kappa shape index (κ3) is 5.29. The summed E-state index contributed by atoms with van der Waals surface area (Å²) >= 11 is 5.75. The molecule has 1 saturated heterocycles. The second-order valence-electron chi connectivity index (χ2n) is 8.65. The molecule has 8 heteroatoms. The van der Waals surface area contributed by atoms with E-state index in [0.29, 0.717) is 35.0 Å². The van der Waals surface area contributed by atoms with Gasteiger partial charge in [0.1, 0.15) is 0 Å². The molecule has 7 nitrogen and oxygen atoms in total. The van der Waals surface area contributed by atoms with Gasteiger partial charge in [0.05, 0.1) is 31.0 Å². The van der Waals surface area contributed by atoms with E-state index in [9.17, 15) is 9.59 Å². The van der Waals surface area contributed by atoms with E-state index >= 15 is 0 Å². The molecule has 0 bridgehead atoms. The van der Waals surface area contributed by atoms with Crippen LogP contribution in [0.4, 0.5) is 5.69 Å². The van der Waals surface area contributed by atoms with Gasteiger partial charge in [0.15, 0.2) is 5.11 Å². The minimum Gasteiger partial charge on any atom is -0.465 e.